The van der Waals surface area contributed by atoms with Gasteiger partial charge in [-0.25, -0.2) is 9.78 Å². The molecule has 2 heterocycles. The van der Waals surface area contributed by atoms with E-state index in [1.807, 2.05) is 33.8 Å². The summed E-state index contributed by atoms with van der Waals surface area (Å²) in [6.07, 6.45) is -0.382. The number of pyridine rings is 1. The van der Waals surface area contributed by atoms with Crippen LogP contribution in [0.15, 0.2) is 16.7 Å². The van der Waals surface area contributed by atoms with E-state index in [1.54, 1.807) is 15.9 Å². The molecule has 2 atom stereocenters. The van der Waals surface area contributed by atoms with Crippen molar-refractivity contribution in [3.8, 4) is 0 Å². The van der Waals surface area contributed by atoms with Gasteiger partial charge in [-0.2, -0.15) is 0 Å². The van der Waals surface area contributed by atoms with Crippen molar-refractivity contribution in [2.45, 2.75) is 52.3 Å². The molecule has 2 amide bonds. The smallest absolute Gasteiger partial charge is 0.410 e. The van der Waals surface area contributed by atoms with Crippen LogP contribution in [0.4, 0.5) is 4.79 Å². The van der Waals surface area contributed by atoms with Crippen LogP contribution in [-0.2, 0) is 9.53 Å². The van der Waals surface area contributed by atoms with Gasteiger partial charge >= 0.3 is 6.09 Å². The summed E-state index contributed by atoms with van der Waals surface area (Å²) in [6, 6.07) is 2.96. The van der Waals surface area contributed by atoms with Crippen LogP contribution >= 0.6 is 27.5 Å². The average molecular weight is 433 g/mol. The van der Waals surface area contributed by atoms with Gasteiger partial charge in [0.15, 0.2) is 0 Å². The van der Waals surface area contributed by atoms with Crippen LogP contribution in [0.1, 0.15) is 46.2 Å². The Labute approximate surface area is 161 Å². The second-order valence-electron chi connectivity index (χ2n) is 7.12. The first kappa shape index (κ1) is 20.0. The Kier molecular flexibility index (Phi) is 5.99. The fourth-order valence-electron chi connectivity index (χ4n) is 3.03. The first-order valence-electron chi connectivity index (χ1n) is 8.09. The summed E-state index contributed by atoms with van der Waals surface area (Å²) in [4.78, 5) is 32.2. The first-order chi connectivity index (χ1) is 11.5. The Bertz CT molecular complexity index is 657. The van der Waals surface area contributed by atoms with Crippen LogP contribution in [0.5, 0.6) is 0 Å². The highest BCUT2D eigenvalue weighted by molar-refractivity contribution is 9.10. The predicted octanol–water partition coefficient (Wildman–Crippen LogP) is 4.03. The number of rotatable bonds is 1. The summed E-state index contributed by atoms with van der Waals surface area (Å²) in [7, 11) is 0. The number of carbonyl (C=O) groups is 2. The fraction of sp³-hybridized carbons (Fsp3) is 0.588. The number of piperazine rings is 1. The highest BCUT2D eigenvalue weighted by Crippen LogP contribution is 2.34. The Morgan fingerprint density at radius 2 is 1.88 bits per heavy atom. The van der Waals surface area contributed by atoms with Crippen molar-refractivity contribution in [2.24, 2.45) is 0 Å². The number of halogens is 2. The molecule has 1 saturated heterocycles. The van der Waals surface area contributed by atoms with Crippen molar-refractivity contribution < 1.29 is 14.3 Å². The summed E-state index contributed by atoms with van der Waals surface area (Å²) in [5, 5.41) is 0.328. The van der Waals surface area contributed by atoms with Crippen LogP contribution in [0.2, 0.25) is 5.15 Å². The highest BCUT2D eigenvalue weighted by atomic mass is 79.9. The number of hydrogen-bond acceptors (Lipinski definition) is 4. The summed E-state index contributed by atoms with van der Waals surface area (Å²) in [6.45, 7) is 9.79. The highest BCUT2D eigenvalue weighted by Gasteiger charge is 2.40. The van der Waals surface area contributed by atoms with Gasteiger partial charge in [0.2, 0.25) is 5.91 Å². The minimum absolute atomic E-state index is 0.0512. The van der Waals surface area contributed by atoms with E-state index in [2.05, 4.69) is 20.9 Å². The lowest BCUT2D eigenvalue weighted by atomic mass is 9.96. The van der Waals surface area contributed by atoms with E-state index < -0.39 is 5.60 Å². The number of amides is 2. The summed E-state index contributed by atoms with van der Waals surface area (Å²) < 4.78 is 6.09. The van der Waals surface area contributed by atoms with Gasteiger partial charge in [0.1, 0.15) is 15.4 Å². The molecule has 1 aromatic heterocycles. The summed E-state index contributed by atoms with van der Waals surface area (Å²) >= 11 is 9.42. The van der Waals surface area contributed by atoms with Crippen LogP contribution < -0.4 is 0 Å². The van der Waals surface area contributed by atoms with Crippen molar-refractivity contribution in [3.63, 3.8) is 0 Å². The molecule has 0 aromatic carbocycles. The zero-order valence-electron chi connectivity index (χ0n) is 15.0. The predicted molar refractivity (Wildman–Crippen MR) is 99.5 cm³/mol. The summed E-state index contributed by atoms with van der Waals surface area (Å²) in [5.74, 6) is -0.0512. The van der Waals surface area contributed by atoms with Crippen molar-refractivity contribution >= 4 is 39.5 Å². The minimum atomic E-state index is -0.576. The van der Waals surface area contributed by atoms with Crippen molar-refractivity contribution in [3.05, 3.63) is 27.5 Å². The molecule has 0 aliphatic carbocycles. The largest absolute Gasteiger partial charge is 0.444 e. The lowest BCUT2D eigenvalue weighted by Crippen LogP contribution is -2.57. The topological polar surface area (TPSA) is 62.7 Å². The van der Waals surface area contributed by atoms with Gasteiger partial charge < -0.3 is 14.5 Å². The van der Waals surface area contributed by atoms with Gasteiger partial charge in [-0.1, -0.05) is 11.6 Å². The molecular weight excluding hydrogens is 410 g/mol. The molecule has 0 saturated carbocycles. The quantitative estimate of drug-likeness (QED) is 0.629. The maximum Gasteiger partial charge on any atom is 0.410 e. The summed E-state index contributed by atoms with van der Waals surface area (Å²) in [5.41, 5.74) is 0.246. The molecule has 2 rings (SSSR count). The zero-order chi connectivity index (χ0) is 18.9. The average Bonchev–Trinajstić information content (AvgIpc) is 2.43. The molecule has 0 unspecified atom stereocenters. The van der Waals surface area contributed by atoms with Crippen molar-refractivity contribution in [1.29, 1.82) is 0 Å². The zero-order valence-corrected chi connectivity index (χ0v) is 17.4. The number of ether oxygens (including phenoxy) is 1. The molecule has 6 nitrogen and oxygen atoms in total. The molecule has 0 radical (unpaired) electrons. The molecule has 1 aromatic rings. The molecule has 25 heavy (non-hydrogen) atoms. The minimum Gasteiger partial charge on any atom is -0.444 e. The van der Waals surface area contributed by atoms with E-state index in [0.29, 0.717) is 22.8 Å². The molecule has 8 heteroatoms. The lowest BCUT2D eigenvalue weighted by molar-refractivity contribution is -0.136. The maximum atomic E-state index is 12.6. The third-order valence-corrected chi connectivity index (χ3v) is 4.63. The third kappa shape index (κ3) is 4.85. The molecule has 1 aliphatic rings. The Balaban J connectivity index is 2.37. The number of aromatic nitrogens is 1. The standard InChI is InChI=1S/C17H23BrClN3O3/c1-10-15(12-8-13(18)20-14(19)9-12)22(11(2)23)7-6-21(10)16(24)25-17(3,4)5/h8-10,15H,6-7H2,1-5H3/t10-,15+/m1/s1. The van der Waals surface area contributed by atoms with Gasteiger partial charge in [0.25, 0.3) is 0 Å². The van der Waals surface area contributed by atoms with Gasteiger partial charge in [0, 0.05) is 20.0 Å². The molecule has 1 fully saturated rings. The molecular formula is C17H23BrClN3O3. The van der Waals surface area contributed by atoms with Gasteiger partial charge in [0.05, 0.1) is 12.1 Å². The van der Waals surface area contributed by atoms with E-state index in [1.165, 1.54) is 6.92 Å². The van der Waals surface area contributed by atoms with Crippen molar-refractivity contribution in [1.82, 2.24) is 14.8 Å². The second-order valence-corrected chi connectivity index (χ2v) is 8.32. The van der Waals surface area contributed by atoms with Crippen LogP contribution in [-0.4, -0.2) is 51.5 Å². The van der Waals surface area contributed by atoms with E-state index in [4.69, 9.17) is 16.3 Å². The number of nitrogens with zero attached hydrogens (tertiary/aromatic N) is 3. The number of carbonyl (C=O) groups excluding carboxylic acids is 2. The third-order valence-electron chi connectivity index (χ3n) is 4.03. The van der Waals surface area contributed by atoms with Crippen LogP contribution in [0.25, 0.3) is 0 Å². The normalized spacial score (nSPS) is 21.2. The monoisotopic (exact) mass is 431 g/mol. The molecule has 1 aliphatic heterocycles. The molecule has 0 bridgehead atoms. The second kappa shape index (κ2) is 7.50. The van der Waals surface area contributed by atoms with E-state index >= 15 is 0 Å². The first-order valence-corrected chi connectivity index (χ1v) is 9.26. The Morgan fingerprint density at radius 1 is 1.28 bits per heavy atom. The molecule has 0 spiro atoms. The Morgan fingerprint density at radius 3 is 2.40 bits per heavy atom. The van der Waals surface area contributed by atoms with E-state index in [9.17, 15) is 9.59 Å². The molecule has 138 valence electrons. The van der Waals surface area contributed by atoms with E-state index in [-0.39, 0.29) is 24.1 Å². The van der Waals surface area contributed by atoms with Gasteiger partial charge in [-0.05, 0) is 61.3 Å². The lowest BCUT2D eigenvalue weighted by Gasteiger charge is -2.46. The van der Waals surface area contributed by atoms with Gasteiger partial charge in [-0.3, -0.25) is 4.79 Å². The fourth-order valence-corrected chi connectivity index (χ4v) is 3.81. The van der Waals surface area contributed by atoms with Crippen LogP contribution in [0.3, 0.4) is 0 Å². The number of hydrogen-bond donors (Lipinski definition) is 0. The van der Waals surface area contributed by atoms with Crippen LogP contribution in [0, 0.1) is 0 Å². The van der Waals surface area contributed by atoms with Gasteiger partial charge in [-0.15, -0.1) is 0 Å². The maximum absolute atomic E-state index is 12.6. The Hall–Kier alpha value is -1.34. The SMILES string of the molecule is CC(=O)N1CCN(C(=O)OC(C)(C)C)[C@H](C)[C@H]1c1cc(Cl)nc(Br)c1. The van der Waals surface area contributed by atoms with Crippen molar-refractivity contribution in [2.75, 3.05) is 13.1 Å². The van der Waals surface area contributed by atoms with E-state index in [0.717, 1.165) is 5.56 Å². The molecule has 0 N–H and O–H groups in total.